The van der Waals surface area contributed by atoms with Gasteiger partial charge in [0.15, 0.2) is 0 Å². The van der Waals surface area contributed by atoms with Crippen molar-refractivity contribution < 1.29 is 4.74 Å². The van der Waals surface area contributed by atoms with Crippen molar-refractivity contribution in [3.8, 4) is 0 Å². The van der Waals surface area contributed by atoms with Crippen LogP contribution in [0.4, 0.5) is 0 Å². The van der Waals surface area contributed by atoms with Crippen LogP contribution < -0.4 is 0 Å². The Labute approximate surface area is 160 Å². The van der Waals surface area contributed by atoms with E-state index in [1.54, 1.807) is 0 Å². The van der Waals surface area contributed by atoms with E-state index >= 15 is 0 Å². The standard InChI is InChI=1S/C23H27N3O/c1-27-23(21-11-6-12-22-20(21)13-24-25-22)18-9-5-10-19(23)16-26(15-18)14-17-7-3-2-4-8-17/h2-4,6-8,11-13,18-19H,5,9-10,14-16H2,1H3,(H,24,25). The monoisotopic (exact) mass is 361 g/mol. The molecular weight excluding hydrogens is 334 g/mol. The number of hydrogen-bond acceptors (Lipinski definition) is 3. The molecule has 4 nitrogen and oxygen atoms in total. The molecule has 0 spiro atoms. The van der Waals surface area contributed by atoms with Crippen molar-refractivity contribution in [3.63, 3.8) is 0 Å². The molecule has 4 heteroatoms. The quantitative estimate of drug-likeness (QED) is 0.752. The Morgan fingerprint density at radius 2 is 1.85 bits per heavy atom. The van der Waals surface area contributed by atoms with Gasteiger partial charge in [0.25, 0.3) is 0 Å². The van der Waals surface area contributed by atoms with Crippen molar-refractivity contribution in [3.05, 3.63) is 65.9 Å². The zero-order valence-electron chi connectivity index (χ0n) is 15.9. The van der Waals surface area contributed by atoms with Crippen LogP contribution >= 0.6 is 0 Å². The van der Waals surface area contributed by atoms with Gasteiger partial charge in [-0.2, -0.15) is 5.10 Å². The lowest BCUT2D eigenvalue weighted by atomic mass is 9.62. The summed E-state index contributed by atoms with van der Waals surface area (Å²) in [7, 11) is 1.91. The summed E-state index contributed by atoms with van der Waals surface area (Å²) in [5, 5.41) is 8.64. The number of aromatic nitrogens is 2. The van der Waals surface area contributed by atoms with Gasteiger partial charge in [-0.05, 0) is 30.0 Å². The van der Waals surface area contributed by atoms with Gasteiger partial charge >= 0.3 is 0 Å². The van der Waals surface area contributed by atoms with Crippen LogP contribution in [-0.4, -0.2) is 35.3 Å². The molecule has 1 aromatic heterocycles. The van der Waals surface area contributed by atoms with E-state index in [9.17, 15) is 0 Å². The van der Waals surface area contributed by atoms with Gasteiger partial charge in [0.05, 0.1) is 11.7 Å². The smallest absolute Gasteiger partial charge is 0.101 e. The topological polar surface area (TPSA) is 41.1 Å². The lowest BCUT2D eigenvalue weighted by Gasteiger charge is -2.55. The van der Waals surface area contributed by atoms with E-state index in [1.165, 1.54) is 35.8 Å². The highest BCUT2D eigenvalue weighted by Crippen LogP contribution is 2.52. The van der Waals surface area contributed by atoms with Crippen molar-refractivity contribution in [2.75, 3.05) is 20.2 Å². The summed E-state index contributed by atoms with van der Waals surface area (Å²) >= 11 is 0. The molecule has 5 rings (SSSR count). The van der Waals surface area contributed by atoms with Crippen molar-refractivity contribution in [1.82, 2.24) is 15.1 Å². The van der Waals surface area contributed by atoms with E-state index in [1.807, 2.05) is 13.3 Å². The fraction of sp³-hybridized carbons (Fsp3) is 0.435. The summed E-state index contributed by atoms with van der Waals surface area (Å²) in [6.45, 7) is 3.21. The van der Waals surface area contributed by atoms with Gasteiger partial charge < -0.3 is 4.74 Å². The normalized spacial score (nSPS) is 28.5. The average molecular weight is 361 g/mol. The Balaban J connectivity index is 1.52. The van der Waals surface area contributed by atoms with Crippen molar-refractivity contribution in [2.24, 2.45) is 11.8 Å². The highest BCUT2D eigenvalue weighted by atomic mass is 16.5. The molecule has 2 bridgehead atoms. The van der Waals surface area contributed by atoms with Crippen LogP contribution in [0.3, 0.4) is 0 Å². The van der Waals surface area contributed by atoms with Crippen LogP contribution in [0.2, 0.25) is 0 Å². The second-order valence-electron chi connectivity index (χ2n) is 8.14. The minimum atomic E-state index is -0.200. The highest BCUT2D eigenvalue weighted by molar-refractivity contribution is 5.82. The summed E-state index contributed by atoms with van der Waals surface area (Å²) in [6.07, 6.45) is 5.73. The number of nitrogens with one attached hydrogen (secondary N) is 1. The maximum absolute atomic E-state index is 6.44. The Hall–Kier alpha value is -2.17. The number of benzene rings is 2. The number of ether oxygens (including phenoxy) is 1. The van der Waals surface area contributed by atoms with E-state index in [0.29, 0.717) is 11.8 Å². The van der Waals surface area contributed by atoms with Gasteiger partial charge in [-0.25, -0.2) is 0 Å². The molecule has 1 aliphatic carbocycles. The first-order valence-electron chi connectivity index (χ1n) is 10.1. The fourth-order valence-electron chi connectivity index (χ4n) is 5.69. The Kier molecular flexibility index (Phi) is 4.25. The molecule has 2 fully saturated rings. The number of fused-ring (bicyclic) bond motifs is 3. The van der Waals surface area contributed by atoms with Gasteiger partial charge in [0, 0.05) is 44.0 Å². The molecule has 140 valence electrons. The van der Waals surface area contributed by atoms with Crippen LogP contribution in [0.25, 0.3) is 10.9 Å². The zero-order valence-corrected chi connectivity index (χ0v) is 15.9. The lowest BCUT2D eigenvalue weighted by molar-refractivity contribution is -0.169. The lowest BCUT2D eigenvalue weighted by Crippen LogP contribution is -2.58. The van der Waals surface area contributed by atoms with Gasteiger partial charge in [0.1, 0.15) is 5.60 Å². The van der Waals surface area contributed by atoms with Crippen molar-refractivity contribution >= 4 is 10.9 Å². The average Bonchev–Trinajstić information content (AvgIpc) is 3.17. The zero-order chi connectivity index (χ0) is 18.3. The number of rotatable bonds is 4. The number of methoxy groups -OCH3 is 1. The van der Waals surface area contributed by atoms with Gasteiger partial charge in [0.2, 0.25) is 0 Å². The number of H-pyrrole nitrogens is 1. The fourth-order valence-corrected chi connectivity index (χ4v) is 5.69. The molecule has 2 atom stereocenters. The van der Waals surface area contributed by atoms with Crippen LogP contribution in [-0.2, 0) is 16.9 Å². The third kappa shape index (κ3) is 2.70. The predicted molar refractivity (Wildman–Crippen MR) is 107 cm³/mol. The summed E-state index contributed by atoms with van der Waals surface area (Å²) in [4.78, 5) is 2.64. The Morgan fingerprint density at radius 1 is 1.07 bits per heavy atom. The molecule has 2 aromatic carbocycles. The van der Waals surface area contributed by atoms with E-state index in [2.05, 4.69) is 63.6 Å². The van der Waals surface area contributed by atoms with Gasteiger partial charge in [-0.15, -0.1) is 0 Å². The molecular formula is C23H27N3O. The number of aromatic amines is 1. The molecule has 1 aliphatic heterocycles. The molecule has 2 aliphatic rings. The third-order valence-electron chi connectivity index (χ3n) is 6.77. The maximum Gasteiger partial charge on any atom is 0.101 e. The third-order valence-corrected chi connectivity index (χ3v) is 6.77. The second kappa shape index (κ2) is 6.77. The van der Waals surface area contributed by atoms with E-state index in [0.717, 1.165) is 25.2 Å². The summed E-state index contributed by atoms with van der Waals surface area (Å²) in [5.41, 5.74) is 3.63. The minimum Gasteiger partial charge on any atom is -0.373 e. The Bertz CT molecular complexity index is 906. The van der Waals surface area contributed by atoms with Gasteiger partial charge in [-0.1, -0.05) is 48.9 Å². The van der Waals surface area contributed by atoms with Gasteiger partial charge in [-0.3, -0.25) is 10.00 Å². The second-order valence-corrected chi connectivity index (χ2v) is 8.14. The summed E-state index contributed by atoms with van der Waals surface area (Å²) in [5.74, 6) is 1.03. The SMILES string of the molecule is COC1(c2cccc3[nH]ncc23)C2CCCC1CN(Cc1ccccc1)C2. The van der Waals surface area contributed by atoms with E-state index in [-0.39, 0.29) is 5.60 Å². The van der Waals surface area contributed by atoms with Crippen molar-refractivity contribution in [1.29, 1.82) is 0 Å². The first kappa shape index (κ1) is 17.0. The van der Waals surface area contributed by atoms with Crippen LogP contribution in [0, 0.1) is 11.8 Å². The largest absolute Gasteiger partial charge is 0.373 e. The highest BCUT2D eigenvalue weighted by Gasteiger charge is 2.53. The molecule has 27 heavy (non-hydrogen) atoms. The molecule has 1 N–H and O–H groups in total. The molecule has 0 amide bonds. The number of nitrogens with zero attached hydrogens (tertiary/aromatic N) is 2. The molecule has 0 radical (unpaired) electrons. The maximum atomic E-state index is 6.44. The van der Waals surface area contributed by atoms with E-state index in [4.69, 9.17) is 4.74 Å². The molecule has 3 aromatic rings. The molecule has 1 saturated heterocycles. The number of hydrogen-bond donors (Lipinski definition) is 1. The van der Waals surface area contributed by atoms with E-state index < -0.39 is 0 Å². The summed E-state index contributed by atoms with van der Waals surface area (Å²) < 4.78 is 6.44. The van der Waals surface area contributed by atoms with Crippen LogP contribution in [0.5, 0.6) is 0 Å². The molecule has 2 unspecified atom stereocenters. The summed E-state index contributed by atoms with van der Waals surface area (Å²) in [6, 6.07) is 17.4. The first-order chi connectivity index (χ1) is 13.3. The molecule has 2 heterocycles. The number of piperidine rings is 1. The Morgan fingerprint density at radius 3 is 2.59 bits per heavy atom. The van der Waals surface area contributed by atoms with Crippen LogP contribution in [0.15, 0.2) is 54.7 Å². The minimum absolute atomic E-state index is 0.200. The van der Waals surface area contributed by atoms with Crippen LogP contribution in [0.1, 0.15) is 30.4 Å². The van der Waals surface area contributed by atoms with Crippen molar-refractivity contribution in [2.45, 2.75) is 31.4 Å². The molecule has 1 saturated carbocycles. The first-order valence-corrected chi connectivity index (χ1v) is 10.1. The number of likely N-dealkylation sites (tertiary alicyclic amines) is 1. The predicted octanol–water partition coefficient (Wildman–Crippen LogP) is 4.34.